The van der Waals surface area contributed by atoms with Gasteiger partial charge in [0, 0.05) is 0 Å². The maximum absolute atomic E-state index is 12.5. The number of benzene rings is 2. The highest BCUT2D eigenvalue weighted by Crippen LogP contribution is 2.24. The lowest BCUT2D eigenvalue weighted by molar-refractivity contribution is 0.0879. The van der Waals surface area contributed by atoms with Crippen LogP contribution in [0.5, 0.6) is 0 Å². The first-order valence-corrected chi connectivity index (χ1v) is 8.37. The largest absolute Gasteiger partial charge is 0.288 e. The van der Waals surface area contributed by atoms with Gasteiger partial charge < -0.3 is 0 Å². The quantitative estimate of drug-likeness (QED) is 0.842. The third kappa shape index (κ3) is 2.59. The van der Waals surface area contributed by atoms with Gasteiger partial charge in [-0.3, -0.25) is 19.6 Å². The monoisotopic (exact) mass is 330 g/mol. The Hall–Kier alpha value is -2.67. The van der Waals surface area contributed by atoms with Crippen LogP contribution in [0, 0.1) is 13.8 Å². The number of hydrogen-bond acceptors (Lipinski definition) is 4. The second-order valence-corrected chi connectivity index (χ2v) is 7.03. The molecule has 0 aliphatic carbocycles. The summed E-state index contributed by atoms with van der Waals surface area (Å²) < 4.78 is 27.6. The molecule has 1 aliphatic heterocycles. The number of carbonyl (C=O) groups is 2. The second-order valence-electron chi connectivity index (χ2n) is 5.34. The van der Waals surface area contributed by atoms with Crippen LogP contribution in [-0.4, -0.2) is 20.2 Å². The predicted molar refractivity (Wildman–Crippen MR) is 85.0 cm³/mol. The van der Waals surface area contributed by atoms with E-state index in [9.17, 15) is 18.0 Å². The summed E-state index contributed by atoms with van der Waals surface area (Å²) in [5.74, 6) is -1.11. The molecular weight excluding hydrogens is 316 g/mol. The fourth-order valence-electron chi connectivity index (χ4n) is 2.38. The Labute approximate surface area is 133 Å². The van der Waals surface area contributed by atoms with Crippen LogP contribution in [0.25, 0.3) is 0 Å². The molecule has 3 rings (SSSR count). The topological polar surface area (TPSA) is 92.3 Å². The number of hydrogen-bond donors (Lipinski definition) is 2. The highest BCUT2D eigenvalue weighted by molar-refractivity contribution is 7.92. The van der Waals surface area contributed by atoms with Crippen LogP contribution in [0.1, 0.15) is 31.8 Å². The number of carbonyl (C=O) groups excluding carboxylic acids is 2. The molecule has 0 atom stereocenters. The molecule has 0 saturated heterocycles. The van der Waals surface area contributed by atoms with Gasteiger partial charge in [0.25, 0.3) is 21.8 Å². The molecule has 0 aromatic heterocycles. The highest BCUT2D eigenvalue weighted by atomic mass is 32.2. The van der Waals surface area contributed by atoms with E-state index in [4.69, 9.17) is 0 Å². The molecule has 7 heteroatoms. The van der Waals surface area contributed by atoms with Crippen molar-refractivity contribution in [1.29, 1.82) is 0 Å². The smallest absolute Gasteiger partial charge is 0.261 e. The van der Waals surface area contributed by atoms with E-state index in [0.29, 0.717) is 5.69 Å². The van der Waals surface area contributed by atoms with E-state index < -0.39 is 21.8 Å². The van der Waals surface area contributed by atoms with Gasteiger partial charge in [0.1, 0.15) is 0 Å². The Morgan fingerprint density at radius 1 is 0.957 bits per heavy atom. The van der Waals surface area contributed by atoms with Gasteiger partial charge in [-0.25, -0.2) is 8.42 Å². The van der Waals surface area contributed by atoms with Crippen molar-refractivity contribution in [3.05, 3.63) is 58.7 Å². The molecule has 0 unspecified atom stereocenters. The lowest BCUT2D eigenvalue weighted by Crippen LogP contribution is -2.20. The molecule has 0 bridgehead atoms. The Bertz CT molecular complexity index is 949. The Morgan fingerprint density at radius 2 is 1.65 bits per heavy atom. The number of amides is 2. The first-order valence-electron chi connectivity index (χ1n) is 6.88. The molecular formula is C16H14N2O4S. The minimum atomic E-state index is -3.86. The average molecular weight is 330 g/mol. The van der Waals surface area contributed by atoms with Gasteiger partial charge in [0.15, 0.2) is 0 Å². The van der Waals surface area contributed by atoms with Crippen molar-refractivity contribution in [2.24, 2.45) is 0 Å². The maximum Gasteiger partial charge on any atom is 0.261 e. The molecule has 2 aromatic carbocycles. The first kappa shape index (κ1) is 15.2. The van der Waals surface area contributed by atoms with Gasteiger partial charge in [0.05, 0.1) is 21.7 Å². The zero-order chi connectivity index (χ0) is 16.8. The molecule has 1 heterocycles. The van der Waals surface area contributed by atoms with Gasteiger partial charge in [-0.2, -0.15) is 0 Å². The summed E-state index contributed by atoms with van der Waals surface area (Å²) in [7, 11) is -3.86. The molecule has 1 aliphatic rings. The van der Waals surface area contributed by atoms with Crippen LogP contribution in [-0.2, 0) is 10.0 Å². The molecule has 118 valence electrons. The van der Waals surface area contributed by atoms with Crippen molar-refractivity contribution < 1.29 is 18.0 Å². The third-order valence-electron chi connectivity index (χ3n) is 3.87. The third-order valence-corrected chi connectivity index (χ3v) is 5.23. The van der Waals surface area contributed by atoms with E-state index in [1.165, 1.54) is 18.2 Å². The SMILES string of the molecule is Cc1cccc(NS(=O)(=O)c2ccc3c(c2)C(=O)NC3=O)c1C. The van der Waals surface area contributed by atoms with Crippen LogP contribution in [0.2, 0.25) is 0 Å². The molecule has 2 aromatic rings. The summed E-state index contributed by atoms with van der Waals surface area (Å²) in [6.45, 7) is 3.71. The van der Waals surface area contributed by atoms with Crippen molar-refractivity contribution in [2.75, 3.05) is 4.72 Å². The number of fused-ring (bicyclic) bond motifs is 1. The minimum absolute atomic E-state index is 0.0676. The van der Waals surface area contributed by atoms with E-state index in [-0.39, 0.29) is 16.0 Å². The van der Waals surface area contributed by atoms with Crippen LogP contribution in [0.15, 0.2) is 41.3 Å². The first-order chi connectivity index (χ1) is 10.8. The summed E-state index contributed by atoms with van der Waals surface area (Å²) in [6, 6.07) is 9.18. The summed E-state index contributed by atoms with van der Waals surface area (Å²) in [4.78, 5) is 23.1. The fourth-order valence-corrected chi connectivity index (χ4v) is 3.53. The standard InChI is InChI=1S/C16H14N2O4S/c1-9-4-3-5-14(10(9)2)18-23(21,22)11-6-7-12-13(8-11)16(20)17-15(12)19/h3-8,18H,1-2H3,(H,17,19,20). The van der Waals surface area contributed by atoms with Crippen LogP contribution < -0.4 is 10.0 Å². The average Bonchev–Trinajstić information content (AvgIpc) is 2.78. The van der Waals surface area contributed by atoms with E-state index in [1.807, 2.05) is 19.9 Å². The van der Waals surface area contributed by atoms with Gasteiger partial charge in [-0.15, -0.1) is 0 Å². The summed E-state index contributed by atoms with van der Waals surface area (Å²) in [6.07, 6.45) is 0. The van der Waals surface area contributed by atoms with Crippen LogP contribution in [0.4, 0.5) is 5.69 Å². The van der Waals surface area contributed by atoms with E-state index in [2.05, 4.69) is 10.0 Å². The molecule has 0 radical (unpaired) electrons. The van der Waals surface area contributed by atoms with E-state index in [1.54, 1.807) is 12.1 Å². The van der Waals surface area contributed by atoms with Gasteiger partial charge >= 0.3 is 0 Å². The number of sulfonamides is 1. The summed E-state index contributed by atoms with van der Waals surface area (Å²) in [5.41, 5.74) is 2.51. The van der Waals surface area contributed by atoms with Crippen molar-refractivity contribution in [3.63, 3.8) is 0 Å². The van der Waals surface area contributed by atoms with E-state index in [0.717, 1.165) is 11.1 Å². The van der Waals surface area contributed by atoms with Crippen LogP contribution in [0.3, 0.4) is 0 Å². The molecule has 23 heavy (non-hydrogen) atoms. The van der Waals surface area contributed by atoms with Gasteiger partial charge in [-0.05, 0) is 49.2 Å². The lowest BCUT2D eigenvalue weighted by atomic mass is 10.1. The van der Waals surface area contributed by atoms with Crippen molar-refractivity contribution >= 4 is 27.5 Å². The Morgan fingerprint density at radius 3 is 2.39 bits per heavy atom. The lowest BCUT2D eigenvalue weighted by Gasteiger charge is -2.12. The Kier molecular flexibility index (Phi) is 3.45. The van der Waals surface area contributed by atoms with Crippen molar-refractivity contribution in [3.8, 4) is 0 Å². The molecule has 0 saturated carbocycles. The highest BCUT2D eigenvalue weighted by Gasteiger charge is 2.28. The maximum atomic E-state index is 12.5. The van der Waals surface area contributed by atoms with Gasteiger partial charge in [-0.1, -0.05) is 12.1 Å². The summed E-state index contributed by atoms with van der Waals surface area (Å²) >= 11 is 0. The minimum Gasteiger partial charge on any atom is -0.288 e. The normalized spacial score (nSPS) is 13.7. The number of aryl methyl sites for hydroxylation is 1. The van der Waals surface area contributed by atoms with Crippen molar-refractivity contribution in [2.45, 2.75) is 18.7 Å². The van der Waals surface area contributed by atoms with Crippen LogP contribution >= 0.6 is 0 Å². The number of anilines is 1. The van der Waals surface area contributed by atoms with E-state index >= 15 is 0 Å². The zero-order valence-electron chi connectivity index (χ0n) is 12.5. The summed E-state index contributed by atoms with van der Waals surface area (Å²) in [5, 5.41) is 2.13. The number of nitrogens with one attached hydrogen (secondary N) is 2. The second kappa shape index (κ2) is 5.20. The predicted octanol–water partition coefficient (Wildman–Crippen LogP) is 1.99. The molecule has 0 fully saturated rings. The molecule has 2 N–H and O–H groups in total. The molecule has 6 nitrogen and oxygen atoms in total. The molecule has 0 spiro atoms. The fraction of sp³-hybridized carbons (Fsp3) is 0.125. The number of rotatable bonds is 3. The molecule has 2 amide bonds. The van der Waals surface area contributed by atoms with Gasteiger partial charge in [0.2, 0.25) is 0 Å². The van der Waals surface area contributed by atoms with Crippen molar-refractivity contribution in [1.82, 2.24) is 5.32 Å². The zero-order valence-corrected chi connectivity index (χ0v) is 13.3. The number of imide groups is 1. The Balaban J connectivity index is 2.01.